The molecule has 0 saturated carbocycles. The van der Waals surface area contributed by atoms with Crippen molar-refractivity contribution in [1.82, 2.24) is 4.98 Å². The van der Waals surface area contributed by atoms with Gasteiger partial charge in [-0.15, -0.1) is 0 Å². The van der Waals surface area contributed by atoms with Crippen LogP contribution in [-0.4, -0.2) is 11.3 Å². The van der Waals surface area contributed by atoms with Gasteiger partial charge in [-0.05, 0) is 18.6 Å². The van der Waals surface area contributed by atoms with E-state index in [2.05, 4.69) is 20.9 Å². The summed E-state index contributed by atoms with van der Waals surface area (Å²) in [6, 6.07) is 1.43. The molecule has 0 atom stereocenters. The van der Waals surface area contributed by atoms with Crippen molar-refractivity contribution in [1.29, 1.82) is 0 Å². The van der Waals surface area contributed by atoms with Gasteiger partial charge in [0.15, 0.2) is 6.29 Å². The quantitative estimate of drug-likeness (QED) is 0.620. The molecule has 76 valence electrons. The smallest absolute Gasteiger partial charge is 0.280 e. The number of aldehydes is 1. The molecule has 0 aromatic carbocycles. The Hall–Kier alpha value is -0.840. The first-order valence-electron chi connectivity index (χ1n) is 3.89. The van der Waals surface area contributed by atoms with E-state index in [0.717, 1.165) is 0 Å². The third-order valence-corrected chi connectivity index (χ3v) is 2.36. The summed E-state index contributed by atoms with van der Waals surface area (Å²) < 4.78 is 24.8. The van der Waals surface area contributed by atoms with Gasteiger partial charge in [-0.25, -0.2) is 13.8 Å². The largest absolute Gasteiger partial charge is 0.298 e. The van der Waals surface area contributed by atoms with Gasteiger partial charge in [0.05, 0.1) is 5.69 Å². The van der Waals surface area contributed by atoms with Crippen LogP contribution in [0.5, 0.6) is 0 Å². The van der Waals surface area contributed by atoms with Crippen LogP contribution in [0, 0.1) is 6.92 Å². The van der Waals surface area contributed by atoms with E-state index in [9.17, 15) is 13.6 Å². The second-order valence-electron chi connectivity index (χ2n) is 2.78. The van der Waals surface area contributed by atoms with Crippen molar-refractivity contribution < 1.29 is 13.6 Å². The maximum atomic E-state index is 12.4. The molecule has 1 rings (SSSR count). The summed E-state index contributed by atoms with van der Waals surface area (Å²) >= 11 is 3.09. The molecule has 0 aliphatic carbocycles. The van der Waals surface area contributed by atoms with E-state index in [0.29, 0.717) is 28.4 Å². The van der Waals surface area contributed by atoms with Gasteiger partial charge in [0.25, 0.3) is 6.43 Å². The zero-order valence-electron chi connectivity index (χ0n) is 7.43. The van der Waals surface area contributed by atoms with Crippen LogP contribution in [0.1, 0.15) is 33.7 Å². The number of carbonyl (C=O) groups is 1. The minimum Gasteiger partial charge on any atom is -0.298 e. The molecule has 1 aromatic heterocycles. The lowest BCUT2D eigenvalue weighted by molar-refractivity contribution is 0.112. The molecule has 0 radical (unpaired) electrons. The topological polar surface area (TPSA) is 30.0 Å². The first-order chi connectivity index (χ1) is 6.60. The number of hydrogen-bond acceptors (Lipinski definition) is 2. The molecule has 0 aliphatic rings. The fraction of sp³-hybridized carbons (Fsp3) is 0.333. The van der Waals surface area contributed by atoms with Crippen molar-refractivity contribution >= 4 is 22.2 Å². The Kier molecular flexibility index (Phi) is 3.69. The van der Waals surface area contributed by atoms with Gasteiger partial charge in [-0.2, -0.15) is 0 Å². The number of carbonyl (C=O) groups excluding carboxylic acids is 1. The Bertz CT molecular complexity index is 355. The van der Waals surface area contributed by atoms with E-state index in [-0.39, 0.29) is 5.69 Å². The lowest BCUT2D eigenvalue weighted by atomic mass is 10.1. The average Bonchev–Trinajstić information content (AvgIpc) is 2.16. The van der Waals surface area contributed by atoms with Crippen molar-refractivity contribution in [2.75, 3.05) is 0 Å². The lowest BCUT2D eigenvalue weighted by Crippen LogP contribution is -2.02. The molecule has 0 spiro atoms. The molecular formula is C9H8BrF2NO. The number of pyridine rings is 1. The SMILES string of the molecule is Cc1cc(C=O)c(CBr)nc1C(F)F. The van der Waals surface area contributed by atoms with Crippen LogP contribution in [0.2, 0.25) is 0 Å². The summed E-state index contributed by atoms with van der Waals surface area (Å²) in [5.41, 5.74) is 0.779. The Morgan fingerprint density at radius 1 is 1.64 bits per heavy atom. The molecule has 0 N–H and O–H groups in total. The molecule has 0 unspecified atom stereocenters. The minimum atomic E-state index is -2.60. The second kappa shape index (κ2) is 4.59. The van der Waals surface area contributed by atoms with E-state index in [1.807, 2.05) is 0 Å². The zero-order chi connectivity index (χ0) is 10.7. The summed E-state index contributed by atoms with van der Waals surface area (Å²) in [5, 5.41) is 0.293. The number of alkyl halides is 3. The third-order valence-electron chi connectivity index (χ3n) is 1.82. The molecule has 5 heteroatoms. The normalized spacial score (nSPS) is 10.6. The summed E-state index contributed by atoms with van der Waals surface area (Å²) in [5.74, 6) is 0. The van der Waals surface area contributed by atoms with E-state index >= 15 is 0 Å². The van der Waals surface area contributed by atoms with Crippen LogP contribution in [0.15, 0.2) is 6.07 Å². The highest BCUT2D eigenvalue weighted by atomic mass is 79.9. The predicted octanol–water partition coefficient (Wildman–Crippen LogP) is 3.04. The molecule has 14 heavy (non-hydrogen) atoms. The van der Waals surface area contributed by atoms with Gasteiger partial charge in [0.1, 0.15) is 5.69 Å². The van der Waals surface area contributed by atoms with Crippen molar-refractivity contribution in [3.8, 4) is 0 Å². The number of hydrogen-bond donors (Lipinski definition) is 0. The number of aryl methyl sites for hydroxylation is 1. The Balaban J connectivity index is 3.30. The van der Waals surface area contributed by atoms with Gasteiger partial charge in [0.2, 0.25) is 0 Å². The molecule has 1 aromatic rings. The summed E-state index contributed by atoms with van der Waals surface area (Å²) in [7, 11) is 0. The lowest BCUT2D eigenvalue weighted by Gasteiger charge is -2.07. The summed E-state index contributed by atoms with van der Waals surface area (Å²) in [6.45, 7) is 1.51. The molecule has 0 amide bonds. The molecule has 2 nitrogen and oxygen atoms in total. The molecule has 0 fully saturated rings. The van der Waals surface area contributed by atoms with Crippen LogP contribution in [-0.2, 0) is 5.33 Å². The predicted molar refractivity (Wildman–Crippen MR) is 51.9 cm³/mol. The van der Waals surface area contributed by atoms with Crippen LogP contribution in [0.25, 0.3) is 0 Å². The molecule has 1 heterocycles. The van der Waals surface area contributed by atoms with Crippen LogP contribution >= 0.6 is 15.9 Å². The Morgan fingerprint density at radius 3 is 2.71 bits per heavy atom. The second-order valence-corrected chi connectivity index (χ2v) is 3.34. The van der Waals surface area contributed by atoms with Gasteiger partial charge in [-0.3, -0.25) is 4.79 Å². The molecule has 0 aliphatic heterocycles. The Labute approximate surface area is 88.5 Å². The highest BCUT2D eigenvalue weighted by Gasteiger charge is 2.15. The van der Waals surface area contributed by atoms with E-state index in [4.69, 9.17) is 0 Å². The zero-order valence-corrected chi connectivity index (χ0v) is 9.01. The fourth-order valence-corrected chi connectivity index (χ4v) is 1.57. The van der Waals surface area contributed by atoms with Crippen LogP contribution < -0.4 is 0 Å². The third kappa shape index (κ3) is 2.15. The van der Waals surface area contributed by atoms with Gasteiger partial charge in [0, 0.05) is 10.9 Å². The van der Waals surface area contributed by atoms with Crippen molar-refractivity contribution in [2.45, 2.75) is 18.7 Å². The Morgan fingerprint density at radius 2 is 2.29 bits per heavy atom. The van der Waals surface area contributed by atoms with Crippen molar-refractivity contribution in [2.24, 2.45) is 0 Å². The number of halogens is 3. The monoisotopic (exact) mass is 263 g/mol. The standard InChI is InChI=1S/C9H8BrF2NO/c1-5-2-6(4-14)7(3-10)13-8(5)9(11)12/h2,4,9H,3H2,1H3. The van der Waals surface area contributed by atoms with Gasteiger partial charge in [-0.1, -0.05) is 15.9 Å². The summed E-state index contributed by atoms with van der Waals surface area (Å²) in [4.78, 5) is 14.3. The average molecular weight is 264 g/mol. The van der Waals surface area contributed by atoms with Gasteiger partial charge < -0.3 is 0 Å². The first kappa shape index (κ1) is 11.2. The molecule has 0 bridgehead atoms. The van der Waals surface area contributed by atoms with E-state index < -0.39 is 6.43 Å². The van der Waals surface area contributed by atoms with Crippen molar-refractivity contribution in [3.63, 3.8) is 0 Å². The highest BCUT2D eigenvalue weighted by Crippen LogP contribution is 2.23. The number of nitrogens with zero attached hydrogens (tertiary/aromatic N) is 1. The van der Waals surface area contributed by atoms with Crippen LogP contribution in [0.4, 0.5) is 8.78 Å². The maximum absolute atomic E-state index is 12.4. The van der Waals surface area contributed by atoms with E-state index in [1.54, 1.807) is 0 Å². The van der Waals surface area contributed by atoms with E-state index in [1.165, 1.54) is 13.0 Å². The molecule has 0 saturated heterocycles. The van der Waals surface area contributed by atoms with Crippen molar-refractivity contribution in [3.05, 3.63) is 28.6 Å². The maximum Gasteiger partial charge on any atom is 0.280 e. The highest BCUT2D eigenvalue weighted by molar-refractivity contribution is 9.08. The van der Waals surface area contributed by atoms with Gasteiger partial charge >= 0.3 is 0 Å². The number of aromatic nitrogens is 1. The first-order valence-corrected chi connectivity index (χ1v) is 5.02. The summed E-state index contributed by atoms with van der Waals surface area (Å²) in [6.07, 6.45) is -1.99. The minimum absolute atomic E-state index is 0.259. The fourth-order valence-electron chi connectivity index (χ4n) is 1.12. The molecular weight excluding hydrogens is 256 g/mol. The van der Waals surface area contributed by atoms with Crippen LogP contribution in [0.3, 0.4) is 0 Å². The number of rotatable bonds is 3.